The molecule has 1 aromatic rings. The van der Waals surface area contributed by atoms with Crippen LogP contribution in [0, 0.1) is 0 Å². The number of halogens is 1. The summed E-state index contributed by atoms with van der Waals surface area (Å²) in [6.45, 7) is 4.21. The van der Waals surface area contributed by atoms with Crippen molar-refractivity contribution in [1.82, 2.24) is 20.0 Å². The van der Waals surface area contributed by atoms with Crippen LogP contribution in [0.5, 0.6) is 0 Å². The van der Waals surface area contributed by atoms with Gasteiger partial charge in [0.2, 0.25) is 5.91 Å². The second kappa shape index (κ2) is 8.78. The Hall–Kier alpha value is -1.41. The van der Waals surface area contributed by atoms with Gasteiger partial charge in [-0.1, -0.05) is 0 Å². The number of likely N-dealkylation sites (N-methyl/N-ethyl adjacent to an activating group) is 1. The van der Waals surface area contributed by atoms with Crippen LogP contribution >= 0.6 is 15.9 Å². The Morgan fingerprint density at radius 3 is 2.81 bits per heavy atom. The minimum atomic E-state index is -0.181. The third-order valence-electron chi connectivity index (χ3n) is 2.79. The van der Waals surface area contributed by atoms with E-state index in [2.05, 4.69) is 31.7 Å². The molecule has 0 spiro atoms. The highest BCUT2D eigenvalue weighted by Crippen LogP contribution is 2.15. The van der Waals surface area contributed by atoms with Gasteiger partial charge in [0.25, 0.3) is 5.56 Å². The normalized spacial score (nSPS) is 10.7. The lowest BCUT2D eigenvalue weighted by Gasteiger charge is -2.12. The molecule has 0 aliphatic heterocycles. The van der Waals surface area contributed by atoms with Gasteiger partial charge in [0.05, 0.1) is 18.4 Å². The number of rotatable bonds is 8. The van der Waals surface area contributed by atoms with Crippen LogP contribution in [-0.2, 0) is 11.3 Å². The number of nitrogens with one attached hydrogen (secondary N) is 2. The van der Waals surface area contributed by atoms with Gasteiger partial charge in [0.15, 0.2) is 0 Å². The summed E-state index contributed by atoms with van der Waals surface area (Å²) in [5.74, 6) is -0.0200. The summed E-state index contributed by atoms with van der Waals surface area (Å²) in [6.07, 6.45) is 1.95. The number of aromatic nitrogens is 2. The zero-order valence-electron chi connectivity index (χ0n) is 12.6. The second-order valence-corrected chi connectivity index (χ2v) is 5.63. The third kappa shape index (κ3) is 5.84. The molecule has 0 saturated heterocycles. The van der Waals surface area contributed by atoms with Crippen molar-refractivity contribution in [3.8, 4) is 0 Å². The van der Waals surface area contributed by atoms with Crippen LogP contribution in [0.1, 0.15) is 13.3 Å². The van der Waals surface area contributed by atoms with Crippen molar-refractivity contribution < 1.29 is 4.79 Å². The molecule has 0 atom stereocenters. The lowest BCUT2D eigenvalue weighted by Crippen LogP contribution is -2.30. The van der Waals surface area contributed by atoms with Gasteiger partial charge in [-0.3, -0.25) is 9.59 Å². The monoisotopic (exact) mass is 359 g/mol. The molecule has 0 unspecified atom stereocenters. The van der Waals surface area contributed by atoms with E-state index < -0.39 is 0 Å². The lowest BCUT2D eigenvalue weighted by atomic mass is 10.3. The van der Waals surface area contributed by atoms with Gasteiger partial charge in [-0.2, -0.15) is 5.10 Å². The van der Waals surface area contributed by atoms with Crippen LogP contribution in [-0.4, -0.2) is 54.3 Å². The van der Waals surface area contributed by atoms with E-state index in [0.717, 1.165) is 6.54 Å². The van der Waals surface area contributed by atoms with Crippen LogP contribution in [0.25, 0.3) is 0 Å². The van der Waals surface area contributed by atoms with Crippen LogP contribution in [0.4, 0.5) is 5.69 Å². The van der Waals surface area contributed by atoms with Crippen LogP contribution in [0.2, 0.25) is 0 Å². The van der Waals surface area contributed by atoms with Crippen molar-refractivity contribution in [3.63, 3.8) is 0 Å². The van der Waals surface area contributed by atoms with E-state index in [9.17, 15) is 9.59 Å². The molecule has 1 amide bonds. The van der Waals surface area contributed by atoms with Gasteiger partial charge >= 0.3 is 0 Å². The maximum Gasteiger partial charge on any atom is 0.283 e. The minimum absolute atomic E-state index is 0.0200. The van der Waals surface area contributed by atoms with E-state index in [0.29, 0.717) is 36.2 Å². The number of carbonyl (C=O) groups is 1. The van der Waals surface area contributed by atoms with E-state index in [1.54, 1.807) is 6.20 Å². The van der Waals surface area contributed by atoms with Crippen molar-refractivity contribution in [2.75, 3.05) is 39.0 Å². The molecule has 118 valence electrons. The van der Waals surface area contributed by atoms with Gasteiger partial charge in [-0.05, 0) is 36.9 Å². The molecule has 1 aromatic heterocycles. The van der Waals surface area contributed by atoms with Crippen molar-refractivity contribution in [3.05, 3.63) is 21.0 Å². The van der Waals surface area contributed by atoms with E-state index >= 15 is 0 Å². The number of carbonyl (C=O) groups excluding carboxylic acids is 1. The molecule has 7 nitrogen and oxygen atoms in total. The first-order valence-electron chi connectivity index (χ1n) is 6.86. The zero-order chi connectivity index (χ0) is 15.8. The molecule has 0 bridgehead atoms. The average molecular weight is 360 g/mol. The number of nitrogens with zero attached hydrogens (tertiary/aromatic N) is 3. The van der Waals surface area contributed by atoms with Crippen LogP contribution < -0.4 is 16.2 Å². The minimum Gasteiger partial charge on any atom is -0.382 e. The number of hydrogen-bond acceptors (Lipinski definition) is 5. The summed E-state index contributed by atoms with van der Waals surface area (Å²) >= 11 is 3.29. The van der Waals surface area contributed by atoms with Crippen molar-refractivity contribution in [1.29, 1.82) is 0 Å². The van der Waals surface area contributed by atoms with Gasteiger partial charge in [0, 0.05) is 26.1 Å². The van der Waals surface area contributed by atoms with Crippen LogP contribution in [0.15, 0.2) is 15.5 Å². The first kappa shape index (κ1) is 17.6. The van der Waals surface area contributed by atoms with E-state index in [1.165, 1.54) is 4.68 Å². The summed E-state index contributed by atoms with van der Waals surface area (Å²) in [4.78, 5) is 25.4. The molecule has 8 heteroatoms. The maximum absolute atomic E-state index is 12.1. The molecule has 0 aromatic carbocycles. The molecule has 0 radical (unpaired) electrons. The van der Waals surface area contributed by atoms with E-state index in [1.807, 2.05) is 25.9 Å². The fraction of sp³-hybridized carbons (Fsp3) is 0.615. The number of anilines is 1. The Kier molecular flexibility index (Phi) is 7.38. The van der Waals surface area contributed by atoms with Crippen LogP contribution in [0.3, 0.4) is 0 Å². The fourth-order valence-electron chi connectivity index (χ4n) is 1.64. The maximum atomic E-state index is 12.1. The zero-order valence-corrected chi connectivity index (χ0v) is 14.2. The predicted molar refractivity (Wildman–Crippen MR) is 86.5 cm³/mol. The van der Waals surface area contributed by atoms with E-state index in [4.69, 9.17) is 0 Å². The smallest absolute Gasteiger partial charge is 0.283 e. The number of amides is 1. The molecule has 0 aliphatic carbocycles. The lowest BCUT2D eigenvalue weighted by molar-refractivity contribution is -0.120. The standard InChI is InChI=1S/C13H22BrN5O2/c1-4-15-11(20)5-6-16-10-9-17-19(8-7-18(2)3)13(21)12(10)14/h9,16H,4-8H2,1-3H3,(H,15,20). The SMILES string of the molecule is CCNC(=O)CCNc1cnn(CCN(C)C)c(=O)c1Br. The molecule has 21 heavy (non-hydrogen) atoms. The van der Waals surface area contributed by atoms with Gasteiger partial charge in [0.1, 0.15) is 4.47 Å². The largest absolute Gasteiger partial charge is 0.382 e. The molecule has 1 rings (SSSR count). The molecule has 2 N–H and O–H groups in total. The quantitative estimate of drug-likeness (QED) is 0.706. The summed E-state index contributed by atoms with van der Waals surface area (Å²) in [7, 11) is 3.88. The van der Waals surface area contributed by atoms with Crippen molar-refractivity contribution >= 4 is 27.5 Å². The second-order valence-electron chi connectivity index (χ2n) is 4.83. The van der Waals surface area contributed by atoms with Gasteiger partial charge in [-0.15, -0.1) is 0 Å². The number of hydrogen-bond donors (Lipinski definition) is 2. The Morgan fingerprint density at radius 2 is 2.19 bits per heavy atom. The molecular weight excluding hydrogens is 338 g/mol. The first-order valence-corrected chi connectivity index (χ1v) is 7.66. The summed E-state index contributed by atoms with van der Waals surface area (Å²) in [5, 5.41) is 9.89. The molecule has 0 aliphatic rings. The molecule has 0 fully saturated rings. The first-order chi connectivity index (χ1) is 9.95. The van der Waals surface area contributed by atoms with E-state index in [-0.39, 0.29) is 11.5 Å². The third-order valence-corrected chi connectivity index (χ3v) is 3.55. The summed E-state index contributed by atoms with van der Waals surface area (Å²) in [6, 6.07) is 0. The highest BCUT2D eigenvalue weighted by molar-refractivity contribution is 9.10. The van der Waals surface area contributed by atoms with Gasteiger partial charge < -0.3 is 15.5 Å². The predicted octanol–water partition coefficient (Wildman–Crippen LogP) is 0.505. The molecule has 0 saturated carbocycles. The topological polar surface area (TPSA) is 79.3 Å². The van der Waals surface area contributed by atoms with Gasteiger partial charge in [-0.25, -0.2) is 4.68 Å². The summed E-state index contributed by atoms with van der Waals surface area (Å²) in [5.41, 5.74) is 0.422. The Labute approximate surface area is 132 Å². The average Bonchev–Trinajstić information content (AvgIpc) is 2.42. The highest BCUT2D eigenvalue weighted by Gasteiger charge is 2.09. The summed E-state index contributed by atoms with van der Waals surface area (Å²) < 4.78 is 1.85. The Bertz CT molecular complexity index is 530. The molecular formula is C13H22BrN5O2. The van der Waals surface area contributed by atoms with Crippen molar-refractivity contribution in [2.45, 2.75) is 19.9 Å². The Morgan fingerprint density at radius 1 is 1.48 bits per heavy atom. The van der Waals surface area contributed by atoms with Crippen molar-refractivity contribution in [2.24, 2.45) is 0 Å². The highest BCUT2D eigenvalue weighted by atomic mass is 79.9. The molecule has 1 heterocycles. The fourth-order valence-corrected chi connectivity index (χ4v) is 2.09. The Balaban J connectivity index is 2.63.